The number of carbonyl (C=O) groups excluding carboxylic acids is 1. The molecule has 138 valence electrons. The van der Waals surface area contributed by atoms with Crippen LogP contribution >= 0.6 is 0 Å². The molecule has 1 heterocycles. The van der Waals surface area contributed by atoms with E-state index in [4.69, 9.17) is 5.73 Å². The van der Waals surface area contributed by atoms with Gasteiger partial charge in [-0.15, -0.1) is 0 Å². The lowest BCUT2D eigenvalue weighted by Crippen LogP contribution is -2.17. The van der Waals surface area contributed by atoms with Gasteiger partial charge in [-0.2, -0.15) is 10.5 Å². The summed E-state index contributed by atoms with van der Waals surface area (Å²) in [4.78, 5) is 11.7. The number of hydrogen-bond donors (Lipinski definition) is 1. The number of nitrogens with two attached hydrogens (primary N) is 1. The summed E-state index contributed by atoms with van der Waals surface area (Å²) in [6, 6.07) is 14.0. The number of ketones is 1. The molecule has 1 aromatic heterocycles. The lowest BCUT2D eigenvalue weighted by molar-refractivity contribution is -0.120. The lowest BCUT2D eigenvalue weighted by atomic mass is 9.94. The topological polar surface area (TPSA) is 95.6 Å². The van der Waals surface area contributed by atoms with Crippen LogP contribution in [0.1, 0.15) is 48.4 Å². The van der Waals surface area contributed by atoms with Crippen LogP contribution in [-0.4, -0.2) is 10.4 Å². The highest BCUT2D eigenvalue weighted by atomic mass is 16.1. The highest BCUT2D eigenvalue weighted by molar-refractivity contribution is 5.98. The lowest BCUT2D eigenvalue weighted by Gasteiger charge is -2.23. The number of nitriles is 2. The van der Waals surface area contributed by atoms with Crippen LogP contribution in [0.15, 0.2) is 36.5 Å². The number of rotatable bonds is 2. The maximum absolute atomic E-state index is 11.7. The van der Waals surface area contributed by atoms with Crippen molar-refractivity contribution in [3.05, 3.63) is 53.2 Å². The van der Waals surface area contributed by atoms with E-state index in [1.165, 1.54) is 0 Å². The minimum atomic E-state index is 0.248. The molecule has 2 aromatic carbocycles. The quantitative estimate of drug-likeness (QED) is 0.667. The molecule has 5 nitrogen and oxygen atoms in total. The van der Waals surface area contributed by atoms with Crippen molar-refractivity contribution in [2.45, 2.75) is 38.6 Å². The van der Waals surface area contributed by atoms with Crippen LogP contribution in [0.2, 0.25) is 0 Å². The summed E-state index contributed by atoms with van der Waals surface area (Å²) in [5.74, 6) is 0.324. The monoisotopic (exact) mass is 368 g/mol. The average molecular weight is 368 g/mol. The van der Waals surface area contributed by atoms with Gasteiger partial charge in [0.15, 0.2) is 0 Å². The van der Waals surface area contributed by atoms with Gasteiger partial charge < -0.3 is 10.3 Å². The molecule has 1 aliphatic carbocycles. The average Bonchev–Trinajstić information content (AvgIpc) is 3.05. The second-order valence-corrected chi connectivity index (χ2v) is 7.47. The molecule has 0 bridgehead atoms. The van der Waals surface area contributed by atoms with E-state index < -0.39 is 0 Å². The summed E-state index contributed by atoms with van der Waals surface area (Å²) >= 11 is 0. The number of nitrogens with zero attached hydrogens (tertiary/aromatic N) is 3. The molecule has 0 spiro atoms. The molecule has 0 saturated heterocycles. The van der Waals surface area contributed by atoms with Crippen molar-refractivity contribution in [3.63, 3.8) is 0 Å². The largest absolute Gasteiger partial charge is 0.399 e. The maximum atomic E-state index is 11.7. The Balaban J connectivity index is 1.96. The van der Waals surface area contributed by atoms with Crippen molar-refractivity contribution in [1.82, 2.24) is 4.57 Å². The van der Waals surface area contributed by atoms with Crippen LogP contribution in [0, 0.1) is 29.6 Å². The first-order chi connectivity index (χ1) is 13.5. The number of carbonyl (C=O) groups is 1. The van der Waals surface area contributed by atoms with Crippen LogP contribution in [-0.2, 0) is 4.79 Å². The normalized spacial score (nSPS) is 14.8. The van der Waals surface area contributed by atoms with Crippen molar-refractivity contribution in [2.24, 2.45) is 0 Å². The molecule has 28 heavy (non-hydrogen) atoms. The Bertz CT molecular complexity index is 1180. The van der Waals surface area contributed by atoms with Gasteiger partial charge in [-0.1, -0.05) is 0 Å². The number of aromatic nitrogens is 1. The zero-order valence-electron chi connectivity index (χ0n) is 15.7. The fraction of sp³-hybridized carbons (Fsp3) is 0.261. The summed E-state index contributed by atoms with van der Waals surface area (Å²) in [6.07, 6.45) is 4.93. The number of anilines is 1. The van der Waals surface area contributed by atoms with E-state index in [0.717, 1.165) is 40.4 Å². The molecule has 1 saturated carbocycles. The number of nitrogen functional groups attached to an aromatic ring is 1. The third kappa shape index (κ3) is 3.02. The standard InChI is InChI=1S/C23H20N4O/c1-14-6-23-21(10-17(14)12-25)22(16-7-15(11-24)8-18(26)9-16)13-27(23)19-2-4-20(28)5-3-19/h6-10,13,19H,2-5,26H2,1H3. The van der Waals surface area contributed by atoms with E-state index in [0.29, 0.717) is 35.4 Å². The van der Waals surface area contributed by atoms with Crippen molar-refractivity contribution in [3.8, 4) is 23.3 Å². The molecule has 3 aromatic rings. The highest BCUT2D eigenvalue weighted by Gasteiger charge is 2.23. The van der Waals surface area contributed by atoms with Crippen molar-refractivity contribution in [2.75, 3.05) is 5.73 Å². The minimum absolute atomic E-state index is 0.248. The Morgan fingerprint density at radius 1 is 1.07 bits per heavy atom. The van der Waals surface area contributed by atoms with Crippen molar-refractivity contribution < 1.29 is 4.79 Å². The molecule has 2 N–H and O–H groups in total. The molecule has 4 rings (SSSR count). The number of Topliss-reactive ketones (excluding diaryl/α,β-unsaturated/α-hetero) is 1. The number of benzene rings is 2. The Kier molecular flexibility index (Phi) is 4.37. The van der Waals surface area contributed by atoms with Crippen LogP contribution in [0.5, 0.6) is 0 Å². The fourth-order valence-corrected chi connectivity index (χ4v) is 4.13. The minimum Gasteiger partial charge on any atom is -0.399 e. The molecule has 0 unspecified atom stereocenters. The zero-order chi connectivity index (χ0) is 19.8. The Labute approximate surface area is 163 Å². The highest BCUT2D eigenvalue weighted by Crippen LogP contribution is 2.38. The van der Waals surface area contributed by atoms with Crippen LogP contribution in [0.25, 0.3) is 22.0 Å². The molecule has 1 fully saturated rings. The van der Waals surface area contributed by atoms with Gasteiger partial charge in [0.1, 0.15) is 5.78 Å². The van der Waals surface area contributed by atoms with Crippen LogP contribution in [0.3, 0.4) is 0 Å². The number of hydrogen-bond acceptors (Lipinski definition) is 4. The summed E-state index contributed by atoms with van der Waals surface area (Å²) < 4.78 is 2.24. The van der Waals surface area contributed by atoms with E-state index in [-0.39, 0.29) is 6.04 Å². The molecule has 5 heteroatoms. The van der Waals surface area contributed by atoms with Gasteiger partial charge in [-0.05, 0) is 61.2 Å². The second-order valence-electron chi connectivity index (χ2n) is 7.47. The number of fused-ring (bicyclic) bond motifs is 1. The van der Waals surface area contributed by atoms with Gasteiger partial charge in [-0.25, -0.2) is 0 Å². The van der Waals surface area contributed by atoms with E-state index in [9.17, 15) is 15.3 Å². The summed E-state index contributed by atoms with van der Waals surface area (Å²) in [5, 5.41) is 19.8. The molecule has 0 amide bonds. The summed E-state index contributed by atoms with van der Waals surface area (Å²) in [7, 11) is 0. The summed E-state index contributed by atoms with van der Waals surface area (Å²) in [6.45, 7) is 1.94. The van der Waals surface area contributed by atoms with Gasteiger partial charge >= 0.3 is 0 Å². The van der Waals surface area contributed by atoms with Crippen molar-refractivity contribution in [1.29, 1.82) is 10.5 Å². The Morgan fingerprint density at radius 2 is 1.82 bits per heavy atom. The molecule has 0 atom stereocenters. The van der Waals surface area contributed by atoms with E-state index >= 15 is 0 Å². The first-order valence-electron chi connectivity index (χ1n) is 9.38. The SMILES string of the molecule is Cc1cc2c(cc1C#N)c(-c1cc(N)cc(C#N)c1)cn2C1CCC(=O)CC1. The Hall–Kier alpha value is -3.57. The van der Waals surface area contributed by atoms with Gasteiger partial charge in [0, 0.05) is 47.2 Å². The van der Waals surface area contributed by atoms with E-state index in [2.05, 4.69) is 22.9 Å². The first-order valence-corrected chi connectivity index (χ1v) is 9.38. The third-order valence-electron chi connectivity index (χ3n) is 5.60. The van der Waals surface area contributed by atoms with Crippen molar-refractivity contribution >= 4 is 22.4 Å². The predicted molar refractivity (Wildman–Crippen MR) is 108 cm³/mol. The maximum Gasteiger partial charge on any atom is 0.133 e. The van der Waals surface area contributed by atoms with Gasteiger partial charge in [0.25, 0.3) is 0 Å². The smallest absolute Gasteiger partial charge is 0.133 e. The van der Waals surface area contributed by atoms with E-state index in [1.54, 1.807) is 6.07 Å². The molecule has 0 aliphatic heterocycles. The summed E-state index contributed by atoms with van der Waals surface area (Å²) in [5.41, 5.74) is 11.5. The van der Waals surface area contributed by atoms with Gasteiger partial charge in [-0.3, -0.25) is 4.79 Å². The molecular formula is C23H20N4O. The first kappa shape index (κ1) is 17.8. The van der Waals surface area contributed by atoms with Crippen LogP contribution < -0.4 is 5.73 Å². The second kappa shape index (κ2) is 6.87. The van der Waals surface area contributed by atoms with Crippen LogP contribution in [0.4, 0.5) is 5.69 Å². The fourth-order valence-electron chi connectivity index (χ4n) is 4.13. The van der Waals surface area contributed by atoms with E-state index in [1.807, 2.05) is 31.2 Å². The Morgan fingerprint density at radius 3 is 2.50 bits per heavy atom. The third-order valence-corrected chi connectivity index (χ3v) is 5.60. The zero-order valence-corrected chi connectivity index (χ0v) is 15.7. The van der Waals surface area contributed by atoms with Gasteiger partial charge in [0.05, 0.1) is 23.3 Å². The predicted octanol–water partition coefficient (Wildman–Crippen LogP) is 4.63. The molecular weight excluding hydrogens is 348 g/mol. The molecule has 0 radical (unpaired) electrons. The molecule has 1 aliphatic rings. The number of aryl methyl sites for hydroxylation is 1. The van der Waals surface area contributed by atoms with Gasteiger partial charge in [0.2, 0.25) is 0 Å².